The van der Waals surface area contributed by atoms with Gasteiger partial charge >= 0.3 is 6.18 Å². The van der Waals surface area contributed by atoms with E-state index >= 15 is 0 Å². The summed E-state index contributed by atoms with van der Waals surface area (Å²) < 4.78 is 83.8. The standard InChI is InChI=1S/C19H20F4N2O4S/c1-29-11-5-10-25(30(27,28)17-9-3-2-8-16(17)20)13-18(26)24-15-7-4-6-14(12-15)19(21,22)23/h2-4,6-9,12H,5,10-11,13H2,1H3,(H,24,26). The highest BCUT2D eigenvalue weighted by Gasteiger charge is 2.31. The lowest BCUT2D eigenvalue weighted by Crippen LogP contribution is -2.39. The zero-order valence-corrected chi connectivity index (χ0v) is 16.8. The van der Waals surface area contributed by atoms with Gasteiger partial charge in [0, 0.05) is 25.9 Å². The molecular formula is C19H20F4N2O4S. The molecule has 11 heteroatoms. The second-order valence-corrected chi connectivity index (χ2v) is 8.15. The third kappa shape index (κ3) is 6.25. The molecule has 30 heavy (non-hydrogen) atoms. The van der Waals surface area contributed by atoms with Crippen molar-refractivity contribution in [3.63, 3.8) is 0 Å². The Morgan fingerprint density at radius 2 is 1.83 bits per heavy atom. The Bertz CT molecular complexity index is 980. The lowest BCUT2D eigenvalue weighted by Gasteiger charge is -2.22. The van der Waals surface area contributed by atoms with Crippen molar-refractivity contribution >= 4 is 21.6 Å². The molecule has 0 unspecified atom stereocenters. The molecule has 0 aliphatic carbocycles. The topological polar surface area (TPSA) is 75.7 Å². The third-order valence-electron chi connectivity index (χ3n) is 4.00. The summed E-state index contributed by atoms with van der Waals surface area (Å²) in [6.07, 6.45) is -4.37. The van der Waals surface area contributed by atoms with E-state index in [1.54, 1.807) is 0 Å². The van der Waals surface area contributed by atoms with Crippen molar-refractivity contribution in [1.29, 1.82) is 0 Å². The van der Waals surface area contributed by atoms with Crippen LogP contribution in [0.1, 0.15) is 12.0 Å². The monoisotopic (exact) mass is 448 g/mol. The van der Waals surface area contributed by atoms with Gasteiger partial charge in [-0.25, -0.2) is 12.8 Å². The number of anilines is 1. The van der Waals surface area contributed by atoms with Gasteiger partial charge in [0.2, 0.25) is 15.9 Å². The van der Waals surface area contributed by atoms with Gasteiger partial charge in [-0.1, -0.05) is 18.2 Å². The first-order valence-electron chi connectivity index (χ1n) is 8.76. The Balaban J connectivity index is 2.22. The molecule has 1 amide bonds. The van der Waals surface area contributed by atoms with Crippen molar-refractivity contribution in [2.75, 3.05) is 32.1 Å². The van der Waals surface area contributed by atoms with Gasteiger partial charge in [0.05, 0.1) is 12.1 Å². The number of ether oxygens (including phenoxy) is 1. The average molecular weight is 448 g/mol. The van der Waals surface area contributed by atoms with Gasteiger partial charge < -0.3 is 10.1 Å². The Morgan fingerprint density at radius 1 is 1.13 bits per heavy atom. The zero-order chi connectivity index (χ0) is 22.4. The van der Waals surface area contributed by atoms with Crippen LogP contribution in [0.3, 0.4) is 0 Å². The van der Waals surface area contributed by atoms with Crippen molar-refractivity contribution in [2.45, 2.75) is 17.5 Å². The number of amides is 1. The predicted octanol–water partition coefficient (Wildman–Crippen LogP) is 3.51. The molecule has 2 aromatic rings. The highest BCUT2D eigenvalue weighted by atomic mass is 32.2. The number of carbonyl (C=O) groups excluding carboxylic acids is 1. The van der Waals surface area contributed by atoms with E-state index in [1.807, 2.05) is 0 Å². The van der Waals surface area contributed by atoms with Crippen LogP contribution in [0, 0.1) is 5.82 Å². The van der Waals surface area contributed by atoms with Crippen molar-refractivity contribution < 1.29 is 35.5 Å². The lowest BCUT2D eigenvalue weighted by molar-refractivity contribution is -0.137. The van der Waals surface area contributed by atoms with E-state index in [-0.39, 0.29) is 25.3 Å². The van der Waals surface area contributed by atoms with Crippen LogP contribution >= 0.6 is 0 Å². The van der Waals surface area contributed by atoms with E-state index in [9.17, 15) is 30.8 Å². The number of benzene rings is 2. The summed E-state index contributed by atoms with van der Waals surface area (Å²) >= 11 is 0. The van der Waals surface area contributed by atoms with Gasteiger partial charge in [-0.15, -0.1) is 0 Å². The van der Waals surface area contributed by atoms with Crippen LogP contribution in [0.2, 0.25) is 0 Å². The average Bonchev–Trinajstić information content (AvgIpc) is 2.67. The fourth-order valence-corrected chi connectivity index (χ4v) is 4.10. The highest BCUT2D eigenvalue weighted by molar-refractivity contribution is 7.89. The summed E-state index contributed by atoms with van der Waals surface area (Å²) in [6.45, 7) is -0.671. The Hall–Kier alpha value is -2.50. The first-order valence-corrected chi connectivity index (χ1v) is 10.2. The largest absolute Gasteiger partial charge is 0.416 e. The SMILES string of the molecule is COCCCN(CC(=O)Nc1cccc(C(F)(F)F)c1)S(=O)(=O)c1ccccc1F. The van der Waals surface area contributed by atoms with Gasteiger partial charge in [0.25, 0.3) is 0 Å². The van der Waals surface area contributed by atoms with Crippen LogP contribution in [0.15, 0.2) is 53.4 Å². The first kappa shape index (κ1) is 23.8. The molecule has 0 aliphatic heterocycles. The number of halogens is 4. The van der Waals surface area contributed by atoms with Crippen molar-refractivity contribution in [3.05, 3.63) is 59.9 Å². The minimum absolute atomic E-state index is 0.144. The highest BCUT2D eigenvalue weighted by Crippen LogP contribution is 2.30. The lowest BCUT2D eigenvalue weighted by atomic mass is 10.2. The first-order chi connectivity index (χ1) is 14.1. The third-order valence-corrected chi connectivity index (χ3v) is 5.88. The molecule has 1 N–H and O–H groups in total. The number of nitrogens with one attached hydrogen (secondary N) is 1. The fourth-order valence-electron chi connectivity index (χ4n) is 2.60. The van der Waals surface area contributed by atoms with Gasteiger partial charge in [-0.3, -0.25) is 4.79 Å². The Morgan fingerprint density at radius 3 is 2.47 bits per heavy atom. The van der Waals surface area contributed by atoms with Crippen molar-refractivity contribution in [3.8, 4) is 0 Å². The number of sulfonamides is 1. The predicted molar refractivity (Wildman–Crippen MR) is 102 cm³/mol. The number of nitrogens with zero attached hydrogens (tertiary/aromatic N) is 1. The molecule has 164 valence electrons. The van der Waals surface area contributed by atoms with Gasteiger partial charge in [0.1, 0.15) is 10.7 Å². The maximum Gasteiger partial charge on any atom is 0.416 e. The summed E-state index contributed by atoms with van der Waals surface area (Å²) in [7, 11) is -2.96. The van der Waals surface area contributed by atoms with E-state index in [0.717, 1.165) is 34.6 Å². The number of carbonyl (C=O) groups is 1. The van der Waals surface area contributed by atoms with Crippen molar-refractivity contribution in [2.24, 2.45) is 0 Å². The molecule has 0 aromatic heterocycles. The Kier molecular flexibility index (Phi) is 7.93. The minimum atomic E-state index is -4.60. The molecule has 0 bridgehead atoms. The molecule has 6 nitrogen and oxygen atoms in total. The summed E-state index contributed by atoms with van der Waals surface area (Å²) in [6, 6.07) is 8.64. The number of alkyl halides is 3. The molecule has 0 spiro atoms. The van der Waals surface area contributed by atoms with Crippen LogP contribution in [-0.2, 0) is 25.7 Å². The second kappa shape index (κ2) is 10.0. The van der Waals surface area contributed by atoms with Crippen LogP contribution in [-0.4, -0.2) is 45.4 Å². The molecular weight excluding hydrogens is 428 g/mol. The summed E-state index contributed by atoms with van der Waals surface area (Å²) in [4.78, 5) is 11.8. The Labute approximate surface area is 171 Å². The quantitative estimate of drug-likeness (QED) is 0.471. The number of rotatable bonds is 9. The number of hydrogen-bond acceptors (Lipinski definition) is 4. The van der Waals surface area contributed by atoms with Gasteiger partial charge in [0.15, 0.2) is 0 Å². The van der Waals surface area contributed by atoms with E-state index in [1.165, 1.54) is 25.3 Å². The maximum absolute atomic E-state index is 14.0. The van der Waals surface area contributed by atoms with Crippen LogP contribution < -0.4 is 5.32 Å². The van der Waals surface area contributed by atoms with E-state index in [0.29, 0.717) is 0 Å². The molecule has 0 radical (unpaired) electrons. The van der Waals surface area contributed by atoms with E-state index in [4.69, 9.17) is 4.74 Å². The minimum Gasteiger partial charge on any atom is -0.385 e. The summed E-state index contributed by atoms with van der Waals surface area (Å²) in [5.41, 5.74) is -1.11. The van der Waals surface area contributed by atoms with E-state index in [2.05, 4.69) is 5.32 Å². The zero-order valence-electron chi connectivity index (χ0n) is 15.9. The molecule has 2 rings (SSSR count). The molecule has 0 heterocycles. The molecule has 0 atom stereocenters. The van der Waals surface area contributed by atoms with Gasteiger partial charge in [-0.2, -0.15) is 17.5 Å². The fraction of sp³-hybridized carbons (Fsp3) is 0.316. The molecule has 2 aromatic carbocycles. The van der Waals surface area contributed by atoms with E-state index < -0.39 is 44.9 Å². The molecule has 0 saturated heterocycles. The summed E-state index contributed by atoms with van der Waals surface area (Å²) in [5, 5.41) is 2.24. The number of methoxy groups -OCH3 is 1. The molecule has 0 saturated carbocycles. The number of hydrogen-bond donors (Lipinski definition) is 1. The maximum atomic E-state index is 14.0. The second-order valence-electron chi connectivity index (χ2n) is 6.24. The van der Waals surface area contributed by atoms with Crippen LogP contribution in [0.5, 0.6) is 0 Å². The van der Waals surface area contributed by atoms with Gasteiger partial charge in [-0.05, 0) is 36.8 Å². The summed E-state index contributed by atoms with van der Waals surface area (Å²) in [5.74, 6) is -1.85. The smallest absolute Gasteiger partial charge is 0.385 e. The molecule has 0 aliphatic rings. The van der Waals surface area contributed by atoms with Crippen molar-refractivity contribution in [1.82, 2.24) is 4.31 Å². The molecule has 0 fully saturated rings. The normalized spacial score (nSPS) is 12.2. The van der Waals surface area contributed by atoms with Crippen LogP contribution in [0.25, 0.3) is 0 Å². The van der Waals surface area contributed by atoms with Crippen LogP contribution in [0.4, 0.5) is 23.2 Å².